The van der Waals surface area contributed by atoms with E-state index in [1.54, 1.807) is 11.0 Å². The van der Waals surface area contributed by atoms with Crippen molar-refractivity contribution in [3.8, 4) is 5.75 Å². The maximum Gasteiger partial charge on any atom is 0.261 e. The second-order valence-electron chi connectivity index (χ2n) is 6.00. The number of nitrogens with zero attached hydrogens (tertiary/aromatic N) is 3. The summed E-state index contributed by atoms with van der Waals surface area (Å²) in [4.78, 5) is 16.4. The highest BCUT2D eigenvalue weighted by atomic mass is 16.5. The topological polar surface area (TPSA) is 69.0 Å². The molecule has 2 aromatic carbocycles. The first kappa shape index (κ1) is 15.4. The molecule has 0 saturated heterocycles. The summed E-state index contributed by atoms with van der Waals surface area (Å²) in [6.07, 6.45) is 3.35. The van der Waals surface area contributed by atoms with E-state index < -0.39 is 6.10 Å². The van der Waals surface area contributed by atoms with Crippen molar-refractivity contribution in [3.05, 3.63) is 77.9 Å². The summed E-state index contributed by atoms with van der Waals surface area (Å²) in [6.45, 7) is 1.08. The van der Waals surface area contributed by atoms with E-state index in [1.807, 2.05) is 48.5 Å². The lowest BCUT2D eigenvalue weighted by Crippen LogP contribution is -2.37. The molecule has 0 bridgehead atoms. The minimum absolute atomic E-state index is 0.0910. The average molecular weight is 334 g/mol. The first-order valence-electron chi connectivity index (χ1n) is 8.21. The maximum absolute atomic E-state index is 12.5. The molecule has 1 unspecified atom stereocenters. The highest BCUT2D eigenvalue weighted by Crippen LogP contribution is 2.28. The SMILES string of the molecule is O=C(NCc1ccccc1Cn1cncn1)C1Cc2ccccc2O1. The van der Waals surface area contributed by atoms with Gasteiger partial charge >= 0.3 is 0 Å². The van der Waals surface area contributed by atoms with Crippen LogP contribution in [0.4, 0.5) is 0 Å². The minimum atomic E-state index is -0.458. The molecule has 0 radical (unpaired) electrons. The molecule has 25 heavy (non-hydrogen) atoms. The molecule has 1 N–H and O–H groups in total. The van der Waals surface area contributed by atoms with Gasteiger partial charge in [-0.25, -0.2) is 9.67 Å². The average Bonchev–Trinajstić information content (AvgIpc) is 3.30. The van der Waals surface area contributed by atoms with Gasteiger partial charge < -0.3 is 10.1 Å². The number of benzene rings is 2. The van der Waals surface area contributed by atoms with Crippen molar-refractivity contribution in [1.82, 2.24) is 20.1 Å². The number of ether oxygens (including phenoxy) is 1. The second-order valence-corrected chi connectivity index (χ2v) is 6.00. The van der Waals surface area contributed by atoms with Crippen molar-refractivity contribution < 1.29 is 9.53 Å². The van der Waals surface area contributed by atoms with Crippen molar-refractivity contribution in [2.24, 2.45) is 0 Å². The number of carbonyl (C=O) groups excluding carboxylic acids is 1. The van der Waals surface area contributed by atoms with Crippen LogP contribution in [0.5, 0.6) is 5.75 Å². The molecule has 126 valence electrons. The van der Waals surface area contributed by atoms with E-state index in [-0.39, 0.29) is 5.91 Å². The molecule has 0 saturated carbocycles. The van der Waals surface area contributed by atoms with Crippen LogP contribution in [0.1, 0.15) is 16.7 Å². The summed E-state index contributed by atoms with van der Waals surface area (Å²) < 4.78 is 7.50. The fourth-order valence-corrected chi connectivity index (χ4v) is 3.00. The summed E-state index contributed by atoms with van der Waals surface area (Å²) in [6, 6.07) is 15.8. The summed E-state index contributed by atoms with van der Waals surface area (Å²) in [5.41, 5.74) is 3.24. The Labute approximate surface area is 145 Å². The standard InChI is InChI=1S/C19H18N4O2/c24-19(18-9-14-5-3-4-8-17(14)25-18)21-10-15-6-1-2-7-16(15)11-23-13-20-12-22-23/h1-8,12-13,18H,9-11H2,(H,21,24). The number of rotatable bonds is 5. The Bertz CT molecular complexity index is 852. The molecule has 1 aliphatic rings. The van der Waals surface area contributed by atoms with Gasteiger partial charge in [-0.05, 0) is 22.8 Å². The lowest BCUT2D eigenvalue weighted by atomic mass is 10.1. The van der Waals surface area contributed by atoms with Gasteiger partial charge in [-0.2, -0.15) is 5.10 Å². The van der Waals surface area contributed by atoms with Gasteiger partial charge in [-0.3, -0.25) is 4.79 Å². The van der Waals surface area contributed by atoms with E-state index in [1.165, 1.54) is 6.33 Å². The highest BCUT2D eigenvalue weighted by Gasteiger charge is 2.28. The Morgan fingerprint density at radius 3 is 2.76 bits per heavy atom. The monoisotopic (exact) mass is 334 g/mol. The van der Waals surface area contributed by atoms with E-state index in [4.69, 9.17) is 4.74 Å². The van der Waals surface area contributed by atoms with E-state index in [2.05, 4.69) is 15.4 Å². The van der Waals surface area contributed by atoms with Gasteiger partial charge in [-0.1, -0.05) is 42.5 Å². The van der Waals surface area contributed by atoms with E-state index in [0.717, 1.165) is 22.4 Å². The zero-order valence-electron chi connectivity index (χ0n) is 13.6. The van der Waals surface area contributed by atoms with Gasteiger partial charge in [0.2, 0.25) is 0 Å². The lowest BCUT2D eigenvalue weighted by molar-refractivity contribution is -0.127. The normalized spacial score (nSPS) is 15.4. The van der Waals surface area contributed by atoms with E-state index >= 15 is 0 Å². The van der Waals surface area contributed by atoms with Crippen LogP contribution in [-0.4, -0.2) is 26.8 Å². The molecule has 3 aromatic rings. The summed E-state index contributed by atoms with van der Waals surface area (Å²) in [7, 11) is 0. The number of aromatic nitrogens is 3. The number of hydrogen-bond donors (Lipinski definition) is 1. The van der Waals surface area contributed by atoms with Crippen LogP contribution in [0.3, 0.4) is 0 Å². The number of amides is 1. The van der Waals surface area contributed by atoms with Crippen molar-refractivity contribution in [2.45, 2.75) is 25.6 Å². The number of fused-ring (bicyclic) bond motifs is 1. The fourth-order valence-electron chi connectivity index (χ4n) is 3.00. The van der Waals surface area contributed by atoms with Crippen LogP contribution in [-0.2, 0) is 24.3 Å². The molecule has 6 nitrogen and oxygen atoms in total. The molecule has 1 amide bonds. The van der Waals surface area contributed by atoms with Crippen LogP contribution in [0.25, 0.3) is 0 Å². The third-order valence-electron chi connectivity index (χ3n) is 4.31. The van der Waals surface area contributed by atoms with Crippen LogP contribution < -0.4 is 10.1 Å². The molecule has 1 aliphatic heterocycles. The van der Waals surface area contributed by atoms with Crippen molar-refractivity contribution in [2.75, 3.05) is 0 Å². The molecule has 1 atom stereocenters. The zero-order valence-corrected chi connectivity index (χ0v) is 13.6. The predicted octanol–water partition coefficient (Wildman–Crippen LogP) is 1.95. The minimum Gasteiger partial charge on any atom is -0.480 e. The smallest absolute Gasteiger partial charge is 0.261 e. The Morgan fingerprint density at radius 2 is 1.96 bits per heavy atom. The van der Waals surface area contributed by atoms with Gasteiger partial charge in [0.15, 0.2) is 6.10 Å². The summed E-state index contributed by atoms with van der Waals surface area (Å²) >= 11 is 0. The third kappa shape index (κ3) is 3.38. The van der Waals surface area contributed by atoms with Crippen LogP contribution in [0.2, 0.25) is 0 Å². The van der Waals surface area contributed by atoms with Crippen LogP contribution >= 0.6 is 0 Å². The maximum atomic E-state index is 12.5. The Hall–Kier alpha value is -3.15. The molecule has 0 fully saturated rings. The van der Waals surface area contributed by atoms with E-state index in [0.29, 0.717) is 19.5 Å². The van der Waals surface area contributed by atoms with Crippen molar-refractivity contribution in [1.29, 1.82) is 0 Å². The van der Waals surface area contributed by atoms with Crippen LogP contribution in [0.15, 0.2) is 61.2 Å². The van der Waals surface area contributed by atoms with Gasteiger partial charge in [0.25, 0.3) is 5.91 Å². The number of nitrogens with one attached hydrogen (secondary N) is 1. The molecule has 0 aliphatic carbocycles. The lowest BCUT2D eigenvalue weighted by Gasteiger charge is -2.13. The van der Waals surface area contributed by atoms with Gasteiger partial charge in [0.1, 0.15) is 18.4 Å². The first-order chi connectivity index (χ1) is 12.3. The van der Waals surface area contributed by atoms with Gasteiger partial charge in [0.05, 0.1) is 6.54 Å². The number of hydrogen-bond acceptors (Lipinski definition) is 4. The molecule has 4 rings (SSSR count). The highest BCUT2D eigenvalue weighted by molar-refractivity contribution is 5.82. The van der Waals surface area contributed by atoms with Crippen LogP contribution in [0, 0.1) is 0 Å². The van der Waals surface area contributed by atoms with Gasteiger partial charge in [-0.15, -0.1) is 0 Å². The van der Waals surface area contributed by atoms with Crippen molar-refractivity contribution in [3.63, 3.8) is 0 Å². The van der Waals surface area contributed by atoms with Crippen molar-refractivity contribution >= 4 is 5.91 Å². The molecular formula is C19H18N4O2. The van der Waals surface area contributed by atoms with E-state index in [9.17, 15) is 4.79 Å². The zero-order chi connectivity index (χ0) is 17.1. The van der Waals surface area contributed by atoms with Gasteiger partial charge in [0, 0.05) is 13.0 Å². The molecule has 0 spiro atoms. The third-order valence-corrected chi connectivity index (χ3v) is 4.31. The first-order valence-corrected chi connectivity index (χ1v) is 8.21. The Morgan fingerprint density at radius 1 is 1.16 bits per heavy atom. The Balaban J connectivity index is 1.40. The quantitative estimate of drug-likeness (QED) is 0.774. The summed E-state index contributed by atoms with van der Waals surface area (Å²) in [5, 5.41) is 7.12. The second kappa shape index (κ2) is 6.76. The summed E-state index contributed by atoms with van der Waals surface area (Å²) in [5.74, 6) is 0.709. The predicted molar refractivity (Wildman–Crippen MR) is 92.0 cm³/mol. The molecular weight excluding hydrogens is 316 g/mol. The fraction of sp³-hybridized carbons (Fsp3) is 0.211. The largest absolute Gasteiger partial charge is 0.480 e. The molecule has 1 aromatic heterocycles. The number of para-hydroxylation sites is 1. The molecule has 6 heteroatoms. The molecule has 2 heterocycles. The Kier molecular flexibility index (Phi) is 4.16. The number of carbonyl (C=O) groups is 1.